The van der Waals surface area contributed by atoms with Crippen molar-refractivity contribution in [2.45, 2.75) is 325 Å². The van der Waals surface area contributed by atoms with E-state index in [1.807, 2.05) is 48.2 Å². The molecule has 2 spiro atoms. The van der Waals surface area contributed by atoms with Crippen molar-refractivity contribution in [1.29, 1.82) is 0 Å². The van der Waals surface area contributed by atoms with Gasteiger partial charge in [-0.3, -0.25) is 48.2 Å². The highest BCUT2D eigenvalue weighted by molar-refractivity contribution is 8.00. The molecule has 752 valence electrons. The van der Waals surface area contributed by atoms with E-state index in [0.717, 1.165) is 167 Å². The Bertz CT molecular complexity index is 5200. The molecule has 139 heavy (non-hydrogen) atoms. The van der Waals surface area contributed by atoms with Gasteiger partial charge < -0.3 is 68.0 Å². The lowest BCUT2D eigenvalue weighted by Gasteiger charge is -2.49. The number of hydrogen-bond donors (Lipinski definition) is 11. The number of piperidine rings is 2. The van der Waals surface area contributed by atoms with Crippen LogP contribution in [-0.2, 0) is 28.7 Å². The Morgan fingerprint density at radius 2 is 0.935 bits per heavy atom. The van der Waals surface area contributed by atoms with Gasteiger partial charge in [-0.15, -0.1) is 0 Å². The van der Waals surface area contributed by atoms with Crippen LogP contribution >= 0.6 is 11.8 Å². The van der Waals surface area contributed by atoms with Gasteiger partial charge in [0.1, 0.15) is 12.1 Å². The number of aliphatic hydroxyl groups is 2. The molecule has 0 bridgehead atoms. The summed E-state index contributed by atoms with van der Waals surface area (Å²) in [5.41, 5.74) is 17.9. The number of nitrogens with one attached hydrogen (secondary N) is 8. The fraction of sp³-hybridized carbons (Fsp3) is 0.640. The number of benzene rings is 4. The lowest BCUT2D eigenvalue weighted by Crippen LogP contribution is -2.55. The van der Waals surface area contributed by atoms with Crippen LogP contribution < -0.4 is 48.3 Å². The fourth-order valence-electron chi connectivity index (χ4n) is 28.9. The largest absolute Gasteiger partial charge is 0.393 e. The van der Waals surface area contributed by atoms with Gasteiger partial charge in [0.2, 0.25) is 23.6 Å². The number of carbonyl (C=O) groups excluding carboxylic acids is 9. The number of fused-ring (bicyclic) bond motifs is 13. The third-order valence-corrected chi connectivity index (χ3v) is 37.9. The Morgan fingerprint density at radius 3 is 1.40 bits per heavy atom. The standard InChI is InChI=1S/C65H91N7O8S.C49H66N4O5/c1-40-35-54-59(42(3)65(80-54)30-28-48-49-26-25-46-36-47(73)27-29-64(46,4)51(49)37-50(48)41(65)2)72(38-40)34-33-68-62(78)52(69-61(77)45-23-21-44(22-24-45)60(76)43-15-7-5-8-16-43)17-12-14-32-67-56(74)19-9-6-13-31-66-57(75)20-11-10-18-55-58-53(39-81-55)70-63(79)71-58;1-30-26-43-44(32(3)49(58-43)22-20-38-39-18-17-36-27-37(54)19-21-48(36,4)41(39)28-40(38)31(49)2)53(29-30)25-24-51-47(57)42(12-8-9-23-50)52-46(56)35-15-13-34(14-16-35)45(55)33-10-6-5-7-11-33/h5,7-8,15-16,21-25,40,42,47-49,51-55,58-59,73H,6,9-14,17-20,26-39H2,1-4H3,(H,66,75)(H,67,74)(H,68,78)(H,69,77)(H2,70,71,79);5-7,10-11,13-17,30,32,37-39,41-44,54H,8-9,12,18-29,50H2,1-4H3,(H,51,57)(H,52,56)/t40-,42+,47-,48-,49-,51-,52?,53-,54+,55?,58-,59-,64-,65-;30-,32+,37-,38-,39-,41-,42?,43+,44-,48-,49-/m00/s1. The number of ether oxygens (including phenoxy) is 2. The van der Waals surface area contributed by atoms with Crippen LogP contribution in [0.5, 0.6) is 0 Å². The Kier molecular flexibility index (Phi) is 32.7. The minimum absolute atomic E-state index is 0.0274. The number of aliphatic hydroxyl groups excluding tert-OH is 2. The summed E-state index contributed by atoms with van der Waals surface area (Å²) in [5.74, 6) is 5.01. The van der Waals surface area contributed by atoms with Crippen molar-refractivity contribution in [1.82, 2.24) is 52.3 Å². The zero-order valence-corrected chi connectivity index (χ0v) is 84.5. The Hall–Kier alpha value is -8.66. The van der Waals surface area contributed by atoms with Crippen LogP contribution in [0, 0.1) is 70.0 Å². The van der Waals surface area contributed by atoms with Crippen molar-refractivity contribution in [2.75, 3.05) is 64.7 Å². The second-order valence-corrected chi connectivity index (χ2v) is 46.0. The molecule has 8 aliphatic carbocycles. The van der Waals surface area contributed by atoms with E-state index in [1.54, 1.807) is 83.9 Å². The summed E-state index contributed by atoms with van der Waals surface area (Å²) in [6, 6.07) is 30.6. The zero-order valence-electron chi connectivity index (χ0n) is 83.7. The fourth-order valence-corrected chi connectivity index (χ4v) is 30.4. The second-order valence-electron chi connectivity index (χ2n) is 44.8. The smallest absolute Gasteiger partial charge is 0.315 e. The van der Waals surface area contributed by atoms with Crippen LogP contribution in [0.15, 0.2) is 155 Å². The van der Waals surface area contributed by atoms with Gasteiger partial charge in [0.15, 0.2) is 11.6 Å². The number of thioether (sulfide) groups is 1. The van der Waals surface area contributed by atoms with E-state index in [9.17, 15) is 53.4 Å². The predicted molar refractivity (Wildman–Crippen MR) is 544 cm³/mol. The number of amides is 8. The highest BCUT2D eigenvalue weighted by atomic mass is 32.2. The van der Waals surface area contributed by atoms with E-state index in [2.05, 4.69) is 120 Å². The number of ketones is 2. The summed E-state index contributed by atoms with van der Waals surface area (Å²) < 4.78 is 14.8. The molecular formula is C114H157N11O13S. The maximum Gasteiger partial charge on any atom is 0.315 e. The first kappa shape index (κ1) is 102. The lowest BCUT2D eigenvalue weighted by atomic mass is 9.56. The molecule has 10 fully saturated rings. The van der Waals surface area contributed by atoms with Crippen molar-refractivity contribution < 1.29 is 62.8 Å². The summed E-state index contributed by atoms with van der Waals surface area (Å²) in [7, 11) is 0. The van der Waals surface area contributed by atoms with Crippen molar-refractivity contribution in [3.8, 4) is 0 Å². The summed E-state index contributed by atoms with van der Waals surface area (Å²) in [6.45, 7) is 25.0. The molecule has 0 radical (unpaired) electrons. The van der Waals surface area contributed by atoms with Crippen molar-refractivity contribution in [3.63, 3.8) is 0 Å². The summed E-state index contributed by atoms with van der Waals surface area (Å²) >= 11 is 1.89. The molecule has 4 saturated carbocycles. The van der Waals surface area contributed by atoms with E-state index in [0.29, 0.717) is 170 Å². The van der Waals surface area contributed by atoms with Crippen LogP contribution in [0.3, 0.4) is 0 Å². The van der Waals surface area contributed by atoms with Crippen molar-refractivity contribution >= 4 is 64.8 Å². The highest BCUT2D eigenvalue weighted by Crippen LogP contribution is 2.68. The average molecular weight is 1920 g/mol. The topological polar surface area (TPSA) is 341 Å². The average Bonchev–Trinajstić information content (AvgIpc) is 1.55. The van der Waals surface area contributed by atoms with Crippen LogP contribution in [0.25, 0.3) is 0 Å². The maximum atomic E-state index is 14.2. The van der Waals surface area contributed by atoms with Gasteiger partial charge in [-0.05, 0) is 281 Å². The Balaban J connectivity index is 0.000000203. The molecule has 14 aliphatic rings. The summed E-state index contributed by atoms with van der Waals surface area (Å²) in [4.78, 5) is 123. The van der Waals surface area contributed by atoms with Gasteiger partial charge in [0, 0.05) is 134 Å². The molecule has 8 amide bonds. The van der Waals surface area contributed by atoms with Gasteiger partial charge in [0.05, 0.1) is 47.7 Å². The SMILES string of the molecule is CC1=C2C[C@H]3[C@@H](CC=C4C[C@@H](O)CC[C@@]43C)[C@@H]2CC[C@]12O[C@@H]1C[C@H](C)CN(CCNC(=O)C(CCCCN)NC(=O)c3ccc(C(=O)c4ccccc4)cc3)[C@H]1[C@H]2C.CC1=C2C[C@H]3[C@@H](CC=C4C[C@@H](O)CC[C@@]43C)[C@@H]2CC[C@]12O[C@@H]1C[C@H](C)CN(CCNC(=O)C(CCCCNC(=O)CCCCCNC(=O)CCCCC3SC[C@@H]4NC(=O)N[C@H]34)NC(=O)c3ccc(C(=O)c4ccccc4)cc3)[C@H]1[C@H]2C. The van der Waals surface area contributed by atoms with Crippen LogP contribution in [0.1, 0.15) is 301 Å². The number of unbranched alkanes of at least 4 members (excludes halogenated alkanes) is 5. The molecule has 4 aromatic carbocycles. The Labute approximate surface area is 828 Å². The number of nitrogens with zero attached hydrogens (tertiary/aromatic N) is 2. The minimum atomic E-state index is -0.810. The summed E-state index contributed by atoms with van der Waals surface area (Å²) in [5, 5.41) is 46.0. The van der Waals surface area contributed by atoms with Gasteiger partial charge >= 0.3 is 6.03 Å². The first-order valence-electron chi connectivity index (χ1n) is 53.5. The van der Waals surface area contributed by atoms with Crippen molar-refractivity contribution in [3.05, 3.63) is 188 Å². The molecule has 6 saturated heterocycles. The van der Waals surface area contributed by atoms with Gasteiger partial charge in [-0.2, -0.15) is 11.8 Å². The molecule has 24 nitrogen and oxygen atoms in total. The van der Waals surface area contributed by atoms with E-state index < -0.39 is 18.0 Å². The van der Waals surface area contributed by atoms with Crippen LogP contribution in [-0.4, -0.2) is 215 Å². The van der Waals surface area contributed by atoms with Gasteiger partial charge in [0.25, 0.3) is 11.8 Å². The zero-order chi connectivity index (χ0) is 97.6. The van der Waals surface area contributed by atoms with Gasteiger partial charge in [-0.25, -0.2) is 4.79 Å². The lowest BCUT2D eigenvalue weighted by molar-refractivity contribution is -0.124. The van der Waals surface area contributed by atoms with E-state index >= 15 is 0 Å². The molecule has 0 aromatic heterocycles. The van der Waals surface area contributed by atoms with E-state index in [4.69, 9.17) is 15.2 Å². The highest BCUT2D eigenvalue weighted by Gasteiger charge is 2.65. The predicted octanol–water partition coefficient (Wildman–Crippen LogP) is 15.5. The van der Waals surface area contributed by atoms with Gasteiger partial charge in [-0.1, -0.05) is 174 Å². The second kappa shape index (κ2) is 44.7. The maximum absolute atomic E-state index is 14.2. The van der Waals surface area contributed by atoms with Crippen molar-refractivity contribution in [2.24, 2.45) is 75.7 Å². The normalized spacial score (nSPS) is 33.3. The number of urea groups is 1. The third-order valence-electron chi connectivity index (χ3n) is 36.4. The molecule has 25 atom stereocenters. The first-order valence-corrected chi connectivity index (χ1v) is 54.6. The number of rotatable bonds is 36. The first-order chi connectivity index (χ1) is 67.0. The number of carbonyl (C=O) groups is 9. The summed E-state index contributed by atoms with van der Waals surface area (Å²) in [6.07, 6.45) is 31.3. The molecule has 6 heterocycles. The molecule has 18 rings (SSSR count). The number of nitrogens with two attached hydrogens (primary N) is 1. The quantitative estimate of drug-likeness (QED) is 0.00872. The molecule has 6 aliphatic heterocycles. The number of likely N-dealkylation sites (tertiary alicyclic amines) is 2. The minimum Gasteiger partial charge on any atom is -0.393 e. The molecular weight excluding hydrogens is 1760 g/mol. The van der Waals surface area contributed by atoms with Crippen LogP contribution in [0.4, 0.5) is 4.79 Å². The number of hydrogen-bond acceptors (Lipinski definition) is 17. The Morgan fingerprint density at radius 1 is 0.504 bits per heavy atom. The molecule has 4 aromatic rings. The monoisotopic (exact) mass is 1920 g/mol. The molecule has 25 heteroatoms. The van der Waals surface area contributed by atoms with E-state index in [-0.39, 0.29) is 124 Å². The number of allylic oxidation sites excluding steroid dienone is 4. The molecule has 12 N–H and O–H groups in total. The molecule has 3 unspecified atom stereocenters. The third kappa shape index (κ3) is 21.9. The van der Waals surface area contributed by atoms with Crippen LogP contribution in [0.2, 0.25) is 0 Å². The van der Waals surface area contributed by atoms with E-state index in [1.165, 1.54) is 35.1 Å².